The predicted molar refractivity (Wildman–Crippen MR) is 82.6 cm³/mol. The molecule has 7 unspecified atom stereocenters. The first-order chi connectivity index (χ1) is 11.8. The van der Waals surface area contributed by atoms with Gasteiger partial charge in [-0.25, -0.2) is 0 Å². The fourth-order valence-corrected chi connectivity index (χ4v) is 4.04. The molecule has 0 aromatic carbocycles. The summed E-state index contributed by atoms with van der Waals surface area (Å²) in [6.07, 6.45) is -11.1. The van der Waals surface area contributed by atoms with Gasteiger partial charge in [-0.15, -0.1) is 0 Å². The number of ether oxygens (including phenoxy) is 4. The Bertz CT molecular complexity index is 477. The summed E-state index contributed by atoms with van der Waals surface area (Å²) in [6.45, 7) is -0.539. The molecule has 11 heteroatoms. The van der Waals surface area contributed by atoms with E-state index in [1.807, 2.05) is 0 Å². The molecule has 146 valence electrons. The van der Waals surface area contributed by atoms with Gasteiger partial charge < -0.3 is 49.6 Å². The third kappa shape index (κ3) is 3.01. The molecule has 11 atom stereocenters. The Labute approximate surface area is 149 Å². The van der Waals surface area contributed by atoms with Crippen molar-refractivity contribution in [2.24, 2.45) is 5.92 Å². The first kappa shape index (κ1) is 19.7. The van der Waals surface area contributed by atoms with Crippen LogP contribution in [0.4, 0.5) is 0 Å². The number of aliphatic hydroxyl groups is 6. The molecule has 2 heterocycles. The molecule has 3 fully saturated rings. The summed E-state index contributed by atoms with van der Waals surface area (Å²) in [4.78, 5) is 0. The zero-order valence-corrected chi connectivity index (χ0v) is 14.3. The van der Waals surface area contributed by atoms with E-state index in [4.69, 9.17) is 18.9 Å². The first-order valence-corrected chi connectivity index (χ1v) is 8.60. The SMILES string of the molecule is CO[C@@H]1OC(CO)[C@H](O[C@@H]2OC(CS)[C@]3(O)C(O)C3C2O)C(O)C1O. The maximum Gasteiger partial charge on any atom is 0.186 e. The number of thiol groups is 1. The molecule has 6 N–H and O–H groups in total. The number of hydrogen-bond donors (Lipinski definition) is 7. The summed E-state index contributed by atoms with van der Waals surface area (Å²) in [5.74, 6) is -0.813. The summed E-state index contributed by atoms with van der Waals surface area (Å²) >= 11 is 4.07. The van der Waals surface area contributed by atoms with E-state index in [1.165, 1.54) is 7.11 Å². The van der Waals surface area contributed by atoms with Gasteiger partial charge in [-0.3, -0.25) is 0 Å². The molecule has 0 radical (unpaired) electrons. The van der Waals surface area contributed by atoms with E-state index in [1.54, 1.807) is 0 Å². The van der Waals surface area contributed by atoms with Crippen molar-refractivity contribution in [3.8, 4) is 0 Å². The van der Waals surface area contributed by atoms with Gasteiger partial charge in [0, 0.05) is 12.9 Å². The van der Waals surface area contributed by atoms with Crippen LogP contribution in [0.15, 0.2) is 0 Å². The van der Waals surface area contributed by atoms with Crippen LogP contribution in [0.5, 0.6) is 0 Å². The highest BCUT2D eigenvalue weighted by atomic mass is 32.1. The molecule has 0 aromatic rings. The Kier molecular flexibility index (Phi) is 5.65. The van der Waals surface area contributed by atoms with Crippen molar-refractivity contribution in [2.75, 3.05) is 19.5 Å². The van der Waals surface area contributed by atoms with Crippen LogP contribution in [-0.2, 0) is 18.9 Å². The fourth-order valence-electron chi connectivity index (χ4n) is 3.66. The van der Waals surface area contributed by atoms with Gasteiger partial charge >= 0.3 is 0 Å². The Hall–Kier alpha value is -0.0500. The summed E-state index contributed by atoms with van der Waals surface area (Å²) in [5.41, 5.74) is -1.60. The van der Waals surface area contributed by atoms with Crippen LogP contribution in [-0.4, -0.2) is 111 Å². The third-order valence-electron chi connectivity index (χ3n) is 5.21. The lowest BCUT2D eigenvalue weighted by Gasteiger charge is -2.44. The van der Waals surface area contributed by atoms with E-state index < -0.39 is 73.4 Å². The minimum absolute atomic E-state index is 0.0676. The molecule has 0 spiro atoms. The Balaban J connectivity index is 1.74. The molecule has 1 aliphatic carbocycles. The Morgan fingerprint density at radius 2 is 1.72 bits per heavy atom. The van der Waals surface area contributed by atoms with Crippen LogP contribution >= 0.6 is 12.6 Å². The highest BCUT2D eigenvalue weighted by molar-refractivity contribution is 7.80. The smallest absolute Gasteiger partial charge is 0.186 e. The predicted octanol–water partition coefficient (Wildman–Crippen LogP) is -3.81. The molecule has 2 aliphatic heterocycles. The van der Waals surface area contributed by atoms with Gasteiger partial charge in [0.1, 0.15) is 42.2 Å². The van der Waals surface area contributed by atoms with Crippen molar-refractivity contribution in [1.82, 2.24) is 0 Å². The van der Waals surface area contributed by atoms with Crippen molar-refractivity contribution < 1.29 is 49.6 Å². The standard InChI is InChI=1S/C14H24O10S/c1-21-12-9(18)8(17)10(4(2-15)22-12)24-13-7(16)6-11(19)14(6,20)5(3-25)23-13/h4-13,15-20,25H,2-3H2,1H3/t4?,5?,6?,7?,8?,9?,10-,11?,12+,13-,14+/m0/s1. The summed E-state index contributed by atoms with van der Waals surface area (Å²) in [6, 6.07) is 0. The highest BCUT2D eigenvalue weighted by Gasteiger charge is 2.75. The van der Waals surface area contributed by atoms with Crippen molar-refractivity contribution >= 4 is 12.6 Å². The average Bonchev–Trinajstić information content (AvgIpc) is 3.17. The van der Waals surface area contributed by atoms with Gasteiger partial charge in [0.15, 0.2) is 12.6 Å². The van der Waals surface area contributed by atoms with Crippen LogP contribution < -0.4 is 0 Å². The quantitative estimate of drug-likeness (QED) is 0.234. The van der Waals surface area contributed by atoms with Gasteiger partial charge in [0.25, 0.3) is 0 Å². The maximum atomic E-state index is 10.3. The molecular formula is C14H24O10S. The maximum absolute atomic E-state index is 10.3. The Morgan fingerprint density at radius 1 is 1.04 bits per heavy atom. The molecule has 2 saturated heterocycles. The van der Waals surface area contributed by atoms with E-state index in [-0.39, 0.29) is 5.75 Å². The monoisotopic (exact) mass is 384 g/mol. The minimum Gasteiger partial charge on any atom is -0.394 e. The summed E-state index contributed by atoms with van der Waals surface area (Å²) in [7, 11) is 1.27. The van der Waals surface area contributed by atoms with E-state index in [0.717, 1.165) is 0 Å². The number of hydrogen-bond acceptors (Lipinski definition) is 11. The van der Waals surface area contributed by atoms with Crippen LogP contribution in [0.25, 0.3) is 0 Å². The van der Waals surface area contributed by atoms with Crippen molar-refractivity contribution in [3.05, 3.63) is 0 Å². The van der Waals surface area contributed by atoms with E-state index in [0.29, 0.717) is 0 Å². The van der Waals surface area contributed by atoms with E-state index in [2.05, 4.69) is 12.6 Å². The van der Waals surface area contributed by atoms with E-state index in [9.17, 15) is 30.6 Å². The molecule has 10 nitrogen and oxygen atoms in total. The molecular weight excluding hydrogens is 360 g/mol. The second kappa shape index (κ2) is 7.17. The zero-order chi connectivity index (χ0) is 18.5. The highest BCUT2D eigenvalue weighted by Crippen LogP contribution is 2.54. The molecule has 3 rings (SSSR count). The van der Waals surface area contributed by atoms with Gasteiger partial charge in [0.05, 0.1) is 18.6 Å². The zero-order valence-electron chi connectivity index (χ0n) is 13.5. The van der Waals surface area contributed by atoms with Crippen LogP contribution in [0.1, 0.15) is 0 Å². The van der Waals surface area contributed by atoms with Gasteiger partial charge in [-0.1, -0.05) is 0 Å². The van der Waals surface area contributed by atoms with Crippen molar-refractivity contribution in [2.45, 2.75) is 60.9 Å². The van der Waals surface area contributed by atoms with Gasteiger partial charge in [-0.2, -0.15) is 12.6 Å². The number of aliphatic hydroxyl groups excluding tert-OH is 5. The van der Waals surface area contributed by atoms with Gasteiger partial charge in [0.2, 0.25) is 0 Å². The number of fused-ring (bicyclic) bond motifs is 1. The largest absolute Gasteiger partial charge is 0.394 e. The van der Waals surface area contributed by atoms with Crippen LogP contribution in [0, 0.1) is 5.92 Å². The third-order valence-corrected chi connectivity index (χ3v) is 5.54. The van der Waals surface area contributed by atoms with Crippen molar-refractivity contribution in [3.63, 3.8) is 0 Å². The summed E-state index contributed by atoms with van der Waals surface area (Å²) < 4.78 is 21.3. The molecule has 0 bridgehead atoms. The number of rotatable bonds is 5. The second-order valence-electron chi connectivity index (χ2n) is 6.57. The molecule has 3 aliphatic rings. The summed E-state index contributed by atoms with van der Waals surface area (Å²) in [5, 5.41) is 60.2. The molecule has 0 amide bonds. The topological polar surface area (TPSA) is 158 Å². The fraction of sp³-hybridized carbons (Fsp3) is 1.00. The molecule has 1 saturated carbocycles. The Morgan fingerprint density at radius 3 is 2.28 bits per heavy atom. The molecule has 25 heavy (non-hydrogen) atoms. The molecule has 0 aromatic heterocycles. The van der Waals surface area contributed by atoms with Crippen molar-refractivity contribution in [1.29, 1.82) is 0 Å². The second-order valence-corrected chi connectivity index (χ2v) is 6.93. The first-order valence-electron chi connectivity index (χ1n) is 7.96. The van der Waals surface area contributed by atoms with Crippen LogP contribution in [0.2, 0.25) is 0 Å². The average molecular weight is 384 g/mol. The van der Waals surface area contributed by atoms with Crippen LogP contribution in [0.3, 0.4) is 0 Å². The van der Waals surface area contributed by atoms with E-state index >= 15 is 0 Å². The minimum atomic E-state index is -1.60. The normalized spacial score (nSPS) is 55.7. The lowest BCUT2D eigenvalue weighted by molar-refractivity contribution is -0.344. The van der Waals surface area contributed by atoms with Gasteiger partial charge in [-0.05, 0) is 0 Å². The number of methoxy groups -OCH3 is 1. The lowest BCUT2D eigenvalue weighted by atomic mass is 9.98. The lowest BCUT2D eigenvalue weighted by Crippen LogP contribution is -2.62.